The van der Waals surface area contributed by atoms with Crippen molar-refractivity contribution >= 4 is 28.8 Å². The Kier molecular flexibility index (Phi) is 3.35. The van der Waals surface area contributed by atoms with E-state index in [4.69, 9.17) is 11.6 Å². The highest BCUT2D eigenvalue weighted by molar-refractivity contribution is 6.30. The summed E-state index contributed by atoms with van der Waals surface area (Å²) in [6, 6.07) is 9.41. The molecule has 0 saturated heterocycles. The van der Waals surface area contributed by atoms with Crippen LogP contribution in [0.15, 0.2) is 42.6 Å². The molecule has 0 aliphatic rings. The highest BCUT2D eigenvalue weighted by Crippen LogP contribution is 2.19. The summed E-state index contributed by atoms with van der Waals surface area (Å²) in [5.41, 5.74) is 1.61. The maximum Gasteiger partial charge on any atom is 0.274 e. The number of carbonyl (C=O) groups excluding carboxylic acids is 1. The van der Waals surface area contributed by atoms with Crippen molar-refractivity contribution in [2.75, 3.05) is 5.32 Å². The number of carbonyl (C=O) groups is 1. The topological polar surface area (TPSA) is 46.4 Å². The van der Waals surface area contributed by atoms with Crippen LogP contribution < -0.4 is 5.32 Å². The molecule has 4 nitrogen and oxygen atoms in total. The molecule has 0 saturated carbocycles. The number of hydrogen-bond donors (Lipinski definition) is 1. The van der Waals surface area contributed by atoms with E-state index in [0.717, 1.165) is 0 Å². The van der Waals surface area contributed by atoms with Crippen molar-refractivity contribution in [1.29, 1.82) is 0 Å². The lowest BCUT2D eigenvalue weighted by Gasteiger charge is -2.07. The number of amides is 1. The highest BCUT2D eigenvalue weighted by Gasteiger charge is 2.17. The average molecular weight is 304 g/mol. The van der Waals surface area contributed by atoms with Crippen molar-refractivity contribution in [2.45, 2.75) is 6.92 Å². The van der Waals surface area contributed by atoms with E-state index in [2.05, 4.69) is 10.3 Å². The van der Waals surface area contributed by atoms with Gasteiger partial charge in [-0.15, -0.1) is 0 Å². The zero-order valence-electron chi connectivity index (χ0n) is 11.1. The fourth-order valence-corrected chi connectivity index (χ4v) is 2.31. The molecule has 0 spiro atoms. The standard InChI is InChI=1S/C15H11ClFN3O/c1-9-14(20-8-10(16)6-7-13(20)18-9)15(21)19-12-5-3-2-4-11(12)17/h2-8H,1H3,(H,19,21). The quantitative estimate of drug-likeness (QED) is 0.785. The van der Waals surface area contributed by atoms with Gasteiger partial charge >= 0.3 is 0 Å². The van der Waals surface area contributed by atoms with Crippen LogP contribution in [0, 0.1) is 12.7 Å². The normalized spacial score (nSPS) is 10.8. The molecule has 2 heterocycles. The molecule has 21 heavy (non-hydrogen) atoms. The number of pyridine rings is 1. The van der Waals surface area contributed by atoms with Gasteiger partial charge in [0.05, 0.1) is 16.4 Å². The maximum absolute atomic E-state index is 13.6. The van der Waals surface area contributed by atoms with Crippen LogP contribution in [0.3, 0.4) is 0 Å². The number of nitrogens with zero attached hydrogens (tertiary/aromatic N) is 2. The Morgan fingerprint density at radius 3 is 2.81 bits per heavy atom. The molecular formula is C15H11ClFN3O. The first kappa shape index (κ1) is 13.6. The minimum absolute atomic E-state index is 0.124. The molecular weight excluding hydrogens is 293 g/mol. The molecule has 0 unspecified atom stereocenters. The number of anilines is 1. The summed E-state index contributed by atoms with van der Waals surface area (Å²) in [6.45, 7) is 1.72. The number of para-hydroxylation sites is 1. The first-order valence-electron chi connectivity index (χ1n) is 6.26. The summed E-state index contributed by atoms with van der Waals surface area (Å²) in [4.78, 5) is 16.7. The van der Waals surface area contributed by atoms with E-state index < -0.39 is 11.7 Å². The molecule has 0 atom stereocenters. The Bertz CT molecular complexity index is 844. The van der Waals surface area contributed by atoms with Gasteiger partial charge < -0.3 is 5.32 Å². The summed E-state index contributed by atoms with van der Waals surface area (Å²) in [7, 11) is 0. The smallest absolute Gasteiger partial charge is 0.274 e. The Morgan fingerprint density at radius 2 is 2.05 bits per heavy atom. The fourth-order valence-electron chi connectivity index (χ4n) is 2.15. The summed E-state index contributed by atoms with van der Waals surface area (Å²) >= 11 is 5.95. The number of aromatic nitrogens is 2. The number of hydrogen-bond acceptors (Lipinski definition) is 2. The number of nitrogens with one attached hydrogen (secondary N) is 1. The van der Waals surface area contributed by atoms with Crippen molar-refractivity contribution in [3.8, 4) is 0 Å². The molecule has 1 N–H and O–H groups in total. The molecule has 3 rings (SSSR count). The van der Waals surface area contributed by atoms with Crippen LogP contribution in [0.2, 0.25) is 5.02 Å². The van der Waals surface area contributed by atoms with E-state index in [1.54, 1.807) is 41.8 Å². The zero-order valence-corrected chi connectivity index (χ0v) is 11.9. The third-order valence-electron chi connectivity index (χ3n) is 3.09. The van der Waals surface area contributed by atoms with Gasteiger partial charge in [0.1, 0.15) is 17.2 Å². The van der Waals surface area contributed by atoms with Crippen molar-refractivity contribution < 1.29 is 9.18 Å². The summed E-state index contributed by atoms with van der Waals surface area (Å²) < 4.78 is 15.2. The largest absolute Gasteiger partial charge is 0.318 e. The van der Waals surface area contributed by atoms with Gasteiger partial charge in [-0.3, -0.25) is 9.20 Å². The minimum Gasteiger partial charge on any atom is -0.318 e. The van der Waals surface area contributed by atoms with Gasteiger partial charge in [-0.2, -0.15) is 0 Å². The SMILES string of the molecule is Cc1nc2ccc(Cl)cn2c1C(=O)Nc1ccccc1F. The lowest BCUT2D eigenvalue weighted by Crippen LogP contribution is -2.16. The molecule has 1 amide bonds. The van der Waals surface area contributed by atoms with Crippen LogP contribution in [0.1, 0.15) is 16.2 Å². The van der Waals surface area contributed by atoms with Crippen molar-refractivity contribution in [3.05, 3.63) is 64.8 Å². The van der Waals surface area contributed by atoms with E-state index in [9.17, 15) is 9.18 Å². The van der Waals surface area contributed by atoms with Crippen LogP contribution in [0.4, 0.5) is 10.1 Å². The second-order valence-corrected chi connectivity index (χ2v) is 4.99. The minimum atomic E-state index is -0.490. The molecule has 3 aromatic rings. The Labute approximate surface area is 125 Å². The van der Waals surface area contributed by atoms with Gasteiger partial charge in [0, 0.05) is 6.20 Å². The second kappa shape index (κ2) is 5.18. The van der Waals surface area contributed by atoms with Gasteiger partial charge in [0.2, 0.25) is 0 Å². The summed E-state index contributed by atoms with van der Waals surface area (Å²) in [5.74, 6) is -0.928. The number of halogens is 2. The number of benzene rings is 1. The highest BCUT2D eigenvalue weighted by atomic mass is 35.5. The van der Waals surface area contributed by atoms with Gasteiger partial charge in [0.15, 0.2) is 0 Å². The Morgan fingerprint density at radius 1 is 1.29 bits per heavy atom. The predicted molar refractivity (Wildman–Crippen MR) is 79.3 cm³/mol. The maximum atomic E-state index is 13.6. The van der Waals surface area contributed by atoms with Gasteiger partial charge in [-0.1, -0.05) is 23.7 Å². The molecule has 106 valence electrons. The van der Waals surface area contributed by atoms with E-state index in [1.165, 1.54) is 12.1 Å². The van der Waals surface area contributed by atoms with E-state index >= 15 is 0 Å². The first-order chi connectivity index (χ1) is 10.1. The molecule has 0 bridgehead atoms. The molecule has 0 aliphatic carbocycles. The van der Waals surface area contributed by atoms with Gasteiger partial charge in [0.25, 0.3) is 5.91 Å². The lowest BCUT2D eigenvalue weighted by molar-refractivity contribution is 0.102. The average Bonchev–Trinajstić information content (AvgIpc) is 2.76. The van der Waals surface area contributed by atoms with E-state index in [0.29, 0.717) is 22.1 Å². The molecule has 1 aromatic carbocycles. The third kappa shape index (κ3) is 2.48. The summed E-state index contributed by atoms with van der Waals surface area (Å²) in [6.07, 6.45) is 1.60. The van der Waals surface area contributed by atoms with Crippen molar-refractivity contribution in [3.63, 3.8) is 0 Å². The summed E-state index contributed by atoms with van der Waals surface area (Å²) in [5, 5.41) is 3.03. The lowest BCUT2D eigenvalue weighted by atomic mass is 10.2. The molecule has 0 radical (unpaired) electrons. The molecule has 0 aliphatic heterocycles. The third-order valence-corrected chi connectivity index (χ3v) is 3.32. The van der Waals surface area contributed by atoms with Crippen molar-refractivity contribution in [2.24, 2.45) is 0 Å². The van der Waals surface area contributed by atoms with E-state index in [1.807, 2.05) is 0 Å². The zero-order chi connectivity index (χ0) is 15.0. The van der Waals surface area contributed by atoms with Crippen LogP contribution in [-0.4, -0.2) is 15.3 Å². The Hall–Kier alpha value is -2.40. The number of rotatable bonds is 2. The van der Waals surface area contributed by atoms with Gasteiger partial charge in [-0.05, 0) is 31.2 Å². The monoisotopic (exact) mass is 303 g/mol. The fraction of sp³-hybridized carbons (Fsp3) is 0.0667. The Balaban J connectivity index is 2.04. The first-order valence-corrected chi connectivity index (χ1v) is 6.64. The predicted octanol–water partition coefficient (Wildman–Crippen LogP) is 3.69. The van der Waals surface area contributed by atoms with Crippen LogP contribution in [0.25, 0.3) is 5.65 Å². The van der Waals surface area contributed by atoms with Crippen LogP contribution >= 0.6 is 11.6 Å². The number of aryl methyl sites for hydroxylation is 1. The van der Waals surface area contributed by atoms with Gasteiger partial charge in [-0.25, -0.2) is 9.37 Å². The number of imidazole rings is 1. The van der Waals surface area contributed by atoms with Crippen LogP contribution in [0.5, 0.6) is 0 Å². The molecule has 2 aromatic heterocycles. The van der Waals surface area contributed by atoms with Crippen molar-refractivity contribution in [1.82, 2.24) is 9.38 Å². The van der Waals surface area contributed by atoms with Crippen LogP contribution in [-0.2, 0) is 0 Å². The van der Waals surface area contributed by atoms with E-state index in [-0.39, 0.29) is 5.69 Å². The molecule has 0 fully saturated rings. The number of fused-ring (bicyclic) bond motifs is 1. The molecule has 6 heteroatoms. The second-order valence-electron chi connectivity index (χ2n) is 4.56.